The molecular formula is C16H13F2N. The zero-order valence-corrected chi connectivity index (χ0v) is 10.7. The number of hydrogen-bond donors (Lipinski definition) is 0. The molecule has 0 heterocycles. The maximum atomic E-state index is 14.5. The van der Waals surface area contributed by atoms with E-state index >= 15 is 0 Å². The predicted octanol–water partition coefficient (Wildman–Crippen LogP) is 4.37. The maximum absolute atomic E-state index is 14.5. The van der Waals surface area contributed by atoms with E-state index < -0.39 is 12.0 Å². The molecule has 0 aliphatic heterocycles. The van der Waals surface area contributed by atoms with E-state index in [4.69, 9.17) is 5.26 Å². The molecule has 0 bridgehead atoms. The average Bonchev–Trinajstić information content (AvgIpc) is 2.36. The van der Waals surface area contributed by atoms with Gasteiger partial charge in [-0.25, -0.2) is 8.78 Å². The van der Waals surface area contributed by atoms with Crippen molar-refractivity contribution in [2.24, 2.45) is 0 Å². The Balaban J connectivity index is 2.50. The van der Waals surface area contributed by atoms with Crippen molar-refractivity contribution < 1.29 is 8.78 Å². The summed E-state index contributed by atoms with van der Waals surface area (Å²) in [6.45, 7) is 3.55. The minimum absolute atomic E-state index is 0.234. The van der Waals surface area contributed by atoms with Gasteiger partial charge in [0.25, 0.3) is 0 Å². The third-order valence-electron chi connectivity index (χ3n) is 2.96. The summed E-state index contributed by atoms with van der Waals surface area (Å²) in [5.41, 5.74) is 2.34. The molecule has 0 aliphatic carbocycles. The highest BCUT2D eigenvalue weighted by Crippen LogP contribution is 2.30. The number of nitrogens with zero attached hydrogens (tertiary/aromatic N) is 1. The Kier molecular flexibility index (Phi) is 3.62. The van der Waals surface area contributed by atoms with Crippen molar-refractivity contribution in [1.82, 2.24) is 0 Å². The van der Waals surface area contributed by atoms with Gasteiger partial charge in [-0.05, 0) is 48.7 Å². The summed E-state index contributed by atoms with van der Waals surface area (Å²) in [7, 11) is 0. The molecule has 0 saturated heterocycles. The molecular weight excluding hydrogens is 244 g/mol. The summed E-state index contributed by atoms with van der Waals surface area (Å²) in [6.07, 6.45) is -1.50. The van der Waals surface area contributed by atoms with Crippen LogP contribution in [0, 0.1) is 31.0 Å². The lowest BCUT2D eigenvalue weighted by molar-refractivity contribution is 0.399. The first-order valence-electron chi connectivity index (χ1n) is 5.93. The van der Waals surface area contributed by atoms with Gasteiger partial charge in [0, 0.05) is 5.56 Å². The first-order valence-corrected chi connectivity index (χ1v) is 5.93. The molecule has 0 aromatic heterocycles. The van der Waals surface area contributed by atoms with Crippen LogP contribution in [-0.2, 0) is 0 Å². The number of halogens is 2. The Labute approximate surface area is 111 Å². The monoisotopic (exact) mass is 257 g/mol. The van der Waals surface area contributed by atoms with E-state index in [0.717, 1.165) is 5.56 Å². The maximum Gasteiger partial charge on any atom is 0.152 e. The quantitative estimate of drug-likeness (QED) is 0.783. The molecule has 0 fully saturated rings. The lowest BCUT2D eigenvalue weighted by atomic mass is 9.96. The predicted molar refractivity (Wildman–Crippen MR) is 70.0 cm³/mol. The standard InChI is InChI=1S/C16H13F2N/c1-10-3-4-15(13(5-10)9-19)16(18)12-6-11(2)7-14(17)8-12/h3-8,16H,1-2H3. The van der Waals surface area contributed by atoms with Crippen LogP contribution < -0.4 is 0 Å². The molecule has 3 heteroatoms. The molecule has 19 heavy (non-hydrogen) atoms. The molecule has 1 unspecified atom stereocenters. The number of aryl methyl sites for hydroxylation is 2. The van der Waals surface area contributed by atoms with E-state index in [0.29, 0.717) is 5.56 Å². The first-order chi connectivity index (χ1) is 9.01. The SMILES string of the molecule is Cc1cc(F)cc(C(F)c2ccc(C)cc2C#N)c1. The first kappa shape index (κ1) is 13.2. The Morgan fingerprint density at radius 3 is 2.42 bits per heavy atom. The molecule has 0 N–H and O–H groups in total. The van der Waals surface area contributed by atoms with Crippen molar-refractivity contribution in [1.29, 1.82) is 5.26 Å². The Morgan fingerprint density at radius 1 is 1.05 bits per heavy atom. The fourth-order valence-corrected chi connectivity index (χ4v) is 2.08. The summed E-state index contributed by atoms with van der Waals surface area (Å²) >= 11 is 0. The number of hydrogen-bond acceptors (Lipinski definition) is 1. The van der Waals surface area contributed by atoms with Gasteiger partial charge in [-0.3, -0.25) is 0 Å². The molecule has 1 nitrogen and oxygen atoms in total. The van der Waals surface area contributed by atoms with Crippen molar-refractivity contribution in [3.8, 4) is 6.07 Å². The van der Waals surface area contributed by atoms with Gasteiger partial charge >= 0.3 is 0 Å². The molecule has 0 amide bonds. The summed E-state index contributed by atoms with van der Waals surface area (Å²) in [6, 6.07) is 11.0. The van der Waals surface area contributed by atoms with E-state index in [1.54, 1.807) is 31.2 Å². The Morgan fingerprint density at radius 2 is 1.79 bits per heavy atom. The number of nitriles is 1. The zero-order valence-electron chi connectivity index (χ0n) is 10.7. The summed E-state index contributed by atoms with van der Waals surface area (Å²) < 4.78 is 27.8. The molecule has 1 atom stereocenters. The third-order valence-corrected chi connectivity index (χ3v) is 2.96. The number of benzene rings is 2. The van der Waals surface area contributed by atoms with Gasteiger partial charge in [0.15, 0.2) is 6.17 Å². The average molecular weight is 257 g/mol. The van der Waals surface area contributed by atoms with Crippen LogP contribution in [0.3, 0.4) is 0 Å². The van der Waals surface area contributed by atoms with Gasteiger partial charge in [0.2, 0.25) is 0 Å². The molecule has 0 spiro atoms. The van der Waals surface area contributed by atoms with Crippen molar-refractivity contribution in [3.05, 3.63) is 70.0 Å². The fourth-order valence-electron chi connectivity index (χ4n) is 2.08. The van der Waals surface area contributed by atoms with E-state index in [1.807, 2.05) is 13.0 Å². The van der Waals surface area contributed by atoms with Gasteiger partial charge in [-0.1, -0.05) is 18.2 Å². The fraction of sp³-hybridized carbons (Fsp3) is 0.188. The molecule has 96 valence electrons. The Hall–Kier alpha value is -2.21. The number of alkyl halides is 1. The zero-order chi connectivity index (χ0) is 14.0. The van der Waals surface area contributed by atoms with E-state index in [-0.39, 0.29) is 16.7 Å². The van der Waals surface area contributed by atoms with Crippen LogP contribution >= 0.6 is 0 Å². The van der Waals surface area contributed by atoms with E-state index in [9.17, 15) is 8.78 Å². The van der Waals surface area contributed by atoms with Crippen LogP contribution in [0.15, 0.2) is 36.4 Å². The van der Waals surface area contributed by atoms with Crippen LogP contribution in [0.25, 0.3) is 0 Å². The largest absolute Gasteiger partial charge is 0.237 e. The van der Waals surface area contributed by atoms with Crippen LogP contribution in [0.2, 0.25) is 0 Å². The smallest absolute Gasteiger partial charge is 0.152 e. The van der Waals surface area contributed by atoms with Gasteiger partial charge in [-0.15, -0.1) is 0 Å². The van der Waals surface area contributed by atoms with Crippen LogP contribution in [-0.4, -0.2) is 0 Å². The van der Waals surface area contributed by atoms with Crippen molar-refractivity contribution in [3.63, 3.8) is 0 Å². The van der Waals surface area contributed by atoms with Crippen molar-refractivity contribution >= 4 is 0 Å². The van der Waals surface area contributed by atoms with Gasteiger partial charge in [0.05, 0.1) is 11.6 Å². The lowest BCUT2D eigenvalue weighted by Crippen LogP contribution is -1.99. The second-order valence-electron chi connectivity index (χ2n) is 4.63. The van der Waals surface area contributed by atoms with Crippen molar-refractivity contribution in [2.45, 2.75) is 20.0 Å². The lowest BCUT2D eigenvalue weighted by Gasteiger charge is -2.12. The number of rotatable bonds is 2. The normalized spacial score (nSPS) is 11.9. The molecule has 2 aromatic carbocycles. The highest BCUT2D eigenvalue weighted by molar-refractivity contribution is 5.45. The second-order valence-corrected chi connectivity index (χ2v) is 4.63. The van der Waals surface area contributed by atoms with E-state index in [2.05, 4.69) is 0 Å². The molecule has 0 saturated carbocycles. The van der Waals surface area contributed by atoms with Gasteiger partial charge in [-0.2, -0.15) is 5.26 Å². The molecule has 0 aliphatic rings. The van der Waals surface area contributed by atoms with E-state index in [1.165, 1.54) is 12.1 Å². The summed E-state index contributed by atoms with van der Waals surface area (Å²) in [4.78, 5) is 0. The molecule has 2 rings (SSSR count). The summed E-state index contributed by atoms with van der Waals surface area (Å²) in [5, 5.41) is 9.06. The highest BCUT2D eigenvalue weighted by Gasteiger charge is 2.17. The molecule has 2 aromatic rings. The van der Waals surface area contributed by atoms with Crippen LogP contribution in [0.1, 0.15) is 34.0 Å². The van der Waals surface area contributed by atoms with Gasteiger partial charge in [0.1, 0.15) is 5.82 Å². The summed E-state index contributed by atoms with van der Waals surface area (Å²) in [5.74, 6) is -0.469. The minimum Gasteiger partial charge on any atom is -0.237 e. The minimum atomic E-state index is -1.50. The van der Waals surface area contributed by atoms with Crippen molar-refractivity contribution in [2.75, 3.05) is 0 Å². The van der Waals surface area contributed by atoms with Gasteiger partial charge < -0.3 is 0 Å². The topological polar surface area (TPSA) is 23.8 Å². The Bertz CT molecular complexity index is 636. The van der Waals surface area contributed by atoms with Crippen LogP contribution in [0.5, 0.6) is 0 Å². The highest BCUT2D eigenvalue weighted by atomic mass is 19.1. The third kappa shape index (κ3) is 2.79. The van der Waals surface area contributed by atoms with Crippen LogP contribution in [0.4, 0.5) is 8.78 Å². The second kappa shape index (κ2) is 5.19. The molecule has 0 radical (unpaired) electrons.